The third kappa shape index (κ3) is 3.65. The number of piperidine rings is 1. The monoisotopic (exact) mass is 346 g/mol. The van der Waals surface area contributed by atoms with Crippen molar-refractivity contribution in [3.8, 4) is 23.0 Å². The first-order chi connectivity index (χ1) is 12.0. The summed E-state index contributed by atoms with van der Waals surface area (Å²) in [6.45, 7) is 6.39. The van der Waals surface area contributed by atoms with Crippen LogP contribution in [0.5, 0.6) is 11.5 Å². The lowest BCUT2D eigenvalue weighted by atomic mass is 10.1. The molecule has 1 aromatic carbocycles. The molecule has 2 heterocycles. The van der Waals surface area contributed by atoms with Gasteiger partial charge in [-0.05, 0) is 38.8 Å². The van der Waals surface area contributed by atoms with Gasteiger partial charge >= 0.3 is 0 Å². The van der Waals surface area contributed by atoms with Crippen LogP contribution in [0.15, 0.2) is 16.5 Å². The lowest BCUT2D eigenvalue weighted by Gasteiger charge is -2.28. The van der Waals surface area contributed by atoms with Gasteiger partial charge in [-0.2, -0.15) is 0 Å². The highest BCUT2D eigenvalue weighted by Gasteiger charge is 2.22. The molecule has 1 fully saturated rings. The Morgan fingerprint density at radius 1 is 1.20 bits per heavy atom. The van der Waals surface area contributed by atoms with E-state index in [0.717, 1.165) is 60.8 Å². The lowest BCUT2D eigenvalue weighted by Crippen LogP contribution is -2.35. The molecule has 6 heteroatoms. The summed E-state index contributed by atoms with van der Waals surface area (Å²) < 4.78 is 16.9. The van der Waals surface area contributed by atoms with E-state index in [0.29, 0.717) is 11.6 Å². The number of methoxy groups -OCH3 is 2. The van der Waals surface area contributed by atoms with Gasteiger partial charge < -0.3 is 19.0 Å². The Kier molecular flexibility index (Phi) is 5.30. The quantitative estimate of drug-likeness (QED) is 0.898. The van der Waals surface area contributed by atoms with E-state index in [2.05, 4.69) is 4.90 Å². The number of nitrogens with zero attached hydrogens (tertiary/aromatic N) is 2. The minimum absolute atomic E-state index is 0.170. The number of aliphatic hydroxyl groups excluding tert-OH is 1. The van der Waals surface area contributed by atoms with E-state index in [1.54, 1.807) is 14.2 Å². The van der Waals surface area contributed by atoms with Crippen LogP contribution in [0.4, 0.5) is 0 Å². The number of aliphatic hydroxyl groups is 1. The molecule has 0 amide bonds. The third-order valence-corrected chi connectivity index (χ3v) is 4.83. The zero-order valence-electron chi connectivity index (χ0n) is 15.3. The molecular weight excluding hydrogens is 320 g/mol. The number of hydrogen-bond acceptors (Lipinski definition) is 6. The molecule has 0 saturated carbocycles. The fourth-order valence-corrected chi connectivity index (χ4v) is 3.31. The van der Waals surface area contributed by atoms with E-state index >= 15 is 0 Å². The molecule has 1 aromatic heterocycles. The zero-order valence-corrected chi connectivity index (χ0v) is 15.3. The Morgan fingerprint density at radius 2 is 1.92 bits per heavy atom. The minimum Gasteiger partial charge on any atom is -0.496 e. The van der Waals surface area contributed by atoms with Gasteiger partial charge in [-0.1, -0.05) is 0 Å². The number of ether oxygens (including phenoxy) is 2. The van der Waals surface area contributed by atoms with Crippen molar-refractivity contribution < 1.29 is 19.0 Å². The number of hydrogen-bond donors (Lipinski definition) is 1. The first-order valence-corrected chi connectivity index (χ1v) is 8.62. The maximum Gasteiger partial charge on any atom is 0.230 e. The van der Waals surface area contributed by atoms with Crippen molar-refractivity contribution in [3.63, 3.8) is 0 Å². The fraction of sp³-hybridized carbons (Fsp3) is 0.526. The number of aromatic nitrogens is 1. The molecular formula is C19H26N2O4. The van der Waals surface area contributed by atoms with Crippen molar-refractivity contribution in [3.05, 3.63) is 29.2 Å². The second kappa shape index (κ2) is 7.45. The van der Waals surface area contributed by atoms with E-state index in [1.165, 1.54) is 0 Å². The number of oxazole rings is 1. The van der Waals surface area contributed by atoms with Crippen molar-refractivity contribution in [2.45, 2.75) is 39.3 Å². The minimum atomic E-state index is -0.170. The highest BCUT2D eigenvalue weighted by molar-refractivity contribution is 5.68. The van der Waals surface area contributed by atoms with Gasteiger partial charge in [-0.3, -0.25) is 4.90 Å². The Labute approximate surface area is 148 Å². The first kappa shape index (κ1) is 17.8. The van der Waals surface area contributed by atoms with Crippen LogP contribution in [0.3, 0.4) is 0 Å². The molecule has 3 rings (SSSR count). The molecule has 1 aliphatic heterocycles. The van der Waals surface area contributed by atoms with E-state index < -0.39 is 0 Å². The van der Waals surface area contributed by atoms with Gasteiger partial charge in [0.25, 0.3) is 0 Å². The summed E-state index contributed by atoms with van der Waals surface area (Å²) in [5.74, 6) is 2.87. The van der Waals surface area contributed by atoms with Crippen LogP contribution in [0.1, 0.15) is 29.9 Å². The number of rotatable bonds is 5. The number of aryl methyl sites for hydroxylation is 1. The van der Waals surface area contributed by atoms with Gasteiger partial charge in [-0.25, -0.2) is 4.98 Å². The highest BCUT2D eigenvalue weighted by atomic mass is 16.5. The molecule has 136 valence electrons. The van der Waals surface area contributed by atoms with Crippen LogP contribution in [0.25, 0.3) is 11.5 Å². The van der Waals surface area contributed by atoms with Crippen LogP contribution < -0.4 is 9.47 Å². The van der Waals surface area contributed by atoms with Gasteiger partial charge in [0.1, 0.15) is 17.3 Å². The average molecular weight is 346 g/mol. The molecule has 6 nitrogen and oxygen atoms in total. The van der Waals surface area contributed by atoms with Crippen LogP contribution in [-0.4, -0.2) is 48.4 Å². The molecule has 2 aromatic rings. The van der Waals surface area contributed by atoms with Crippen LogP contribution in [-0.2, 0) is 6.54 Å². The molecule has 1 saturated heterocycles. The van der Waals surface area contributed by atoms with E-state index in [4.69, 9.17) is 18.9 Å². The van der Waals surface area contributed by atoms with Crippen LogP contribution in [0.2, 0.25) is 0 Å². The first-order valence-electron chi connectivity index (χ1n) is 8.62. The van der Waals surface area contributed by atoms with Crippen molar-refractivity contribution in [1.82, 2.24) is 9.88 Å². The summed E-state index contributed by atoms with van der Waals surface area (Å²) >= 11 is 0. The van der Waals surface area contributed by atoms with Gasteiger partial charge in [0, 0.05) is 25.2 Å². The third-order valence-electron chi connectivity index (χ3n) is 4.83. The topological polar surface area (TPSA) is 68.0 Å². The van der Waals surface area contributed by atoms with Crippen molar-refractivity contribution in [1.29, 1.82) is 0 Å². The molecule has 0 aliphatic carbocycles. The largest absolute Gasteiger partial charge is 0.496 e. The second-order valence-corrected chi connectivity index (χ2v) is 6.50. The molecule has 0 bridgehead atoms. The molecule has 0 spiro atoms. The summed E-state index contributed by atoms with van der Waals surface area (Å²) in [6.07, 6.45) is 1.46. The summed E-state index contributed by atoms with van der Waals surface area (Å²) in [6, 6.07) is 3.81. The normalized spacial score (nSPS) is 16.2. The average Bonchev–Trinajstić information content (AvgIpc) is 2.97. The maximum atomic E-state index is 9.64. The molecule has 0 radical (unpaired) electrons. The molecule has 0 unspecified atom stereocenters. The van der Waals surface area contributed by atoms with E-state index in [9.17, 15) is 5.11 Å². The highest BCUT2D eigenvalue weighted by Crippen LogP contribution is 2.38. The Hall–Kier alpha value is -2.05. The van der Waals surface area contributed by atoms with Crippen molar-refractivity contribution >= 4 is 0 Å². The van der Waals surface area contributed by atoms with E-state index in [-0.39, 0.29) is 6.10 Å². The Bertz CT molecular complexity index is 733. The van der Waals surface area contributed by atoms with Crippen LogP contribution in [0, 0.1) is 13.8 Å². The van der Waals surface area contributed by atoms with Gasteiger partial charge in [0.2, 0.25) is 5.89 Å². The SMILES string of the molecule is COc1ccc(-c2nc(CN3CCC(O)CC3)c(C)o2)c(OC)c1C. The molecule has 1 aliphatic rings. The van der Waals surface area contributed by atoms with Gasteiger partial charge in [-0.15, -0.1) is 0 Å². The Morgan fingerprint density at radius 3 is 2.56 bits per heavy atom. The van der Waals surface area contributed by atoms with Crippen molar-refractivity contribution in [2.24, 2.45) is 0 Å². The van der Waals surface area contributed by atoms with Gasteiger partial charge in [0.15, 0.2) is 0 Å². The predicted octanol–water partition coefficient (Wildman–Crippen LogP) is 2.93. The van der Waals surface area contributed by atoms with E-state index in [1.807, 2.05) is 26.0 Å². The van der Waals surface area contributed by atoms with Crippen molar-refractivity contribution in [2.75, 3.05) is 27.3 Å². The molecule has 25 heavy (non-hydrogen) atoms. The summed E-state index contributed by atoms with van der Waals surface area (Å²) in [4.78, 5) is 7.01. The molecule has 0 atom stereocenters. The summed E-state index contributed by atoms with van der Waals surface area (Å²) in [5.41, 5.74) is 2.68. The lowest BCUT2D eigenvalue weighted by molar-refractivity contribution is 0.0785. The second-order valence-electron chi connectivity index (χ2n) is 6.50. The smallest absolute Gasteiger partial charge is 0.230 e. The summed E-state index contributed by atoms with van der Waals surface area (Å²) in [7, 11) is 3.28. The predicted molar refractivity (Wildman–Crippen MR) is 95.0 cm³/mol. The molecule has 1 N–H and O–H groups in total. The van der Waals surface area contributed by atoms with Crippen LogP contribution >= 0.6 is 0 Å². The summed E-state index contributed by atoms with van der Waals surface area (Å²) in [5, 5.41) is 9.64. The zero-order chi connectivity index (χ0) is 18.0. The standard InChI is InChI=1S/C19H26N2O4/c1-12-17(23-3)6-5-15(18(12)24-4)19-20-16(13(2)25-19)11-21-9-7-14(22)8-10-21/h5-6,14,22H,7-11H2,1-4H3. The fourth-order valence-electron chi connectivity index (χ4n) is 3.31. The maximum absolute atomic E-state index is 9.64. The Balaban J connectivity index is 1.86. The van der Waals surface area contributed by atoms with Gasteiger partial charge in [0.05, 0.1) is 31.6 Å². The number of benzene rings is 1. The number of likely N-dealkylation sites (tertiary alicyclic amines) is 1.